The molecule has 0 spiro atoms. The molecule has 2 aromatic heterocycles. The van der Waals surface area contributed by atoms with Crippen LogP contribution in [-0.2, 0) is 6.54 Å². The molecule has 0 bridgehead atoms. The van der Waals surface area contributed by atoms with Gasteiger partial charge in [-0.2, -0.15) is 5.10 Å². The lowest BCUT2D eigenvalue weighted by molar-refractivity contribution is 0.602. The smallest absolute Gasteiger partial charge is 0.0713 e. The van der Waals surface area contributed by atoms with Gasteiger partial charge < -0.3 is 5.32 Å². The first kappa shape index (κ1) is 13.8. The van der Waals surface area contributed by atoms with Gasteiger partial charge in [0.1, 0.15) is 0 Å². The average molecular weight is 328 g/mol. The average Bonchev–Trinajstić information content (AvgIpc) is 3.00. The van der Waals surface area contributed by atoms with Gasteiger partial charge in [0.25, 0.3) is 0 Å². The normalized spacial score (nSPS) is 12.8. The molecular weight excluding hydrogens is 310 g/mol. The molecule has 0 fully saturated rings. The summed E-state index contributed by atoms with van der Waals surface area (Å²) in [6, 6.07) is 2.34. The summed E-state index contributed by atoms with van der Waals surface area (Å²) in [5.74, 6) is 0. The molecule has 0 radical (unpaired) electrons. The SMILES string of the molecule is CCCNC(c1cnn(CC)c1)c1sccc1Br. The highest BCUT2D eigenvalue weighted by molar-refractivity contribution is 9.10. The van der Waals surface area contributed by atoms with Crippen molar-refractivity contribution in [1.29, 1.82) is 0 Å². The molecule has 0 saturated carbocycles. The van der Waals surface area contributed by atoms with Crippen LogP contribution in [0.1, 0.15) is 36.8 Å². The van der Waals surface area contributed by atoms with Crippen molar-refractivity contribution < 1.29 is 0 Å². The highest BCUT2D eigenvalue weighted by Crippen LogP contribution is 2.33. The predicted octanol–water partition coefficient (Wildman–Crippen LogP) is 3.82. The van der Waals surface area contributed by atoms with Crippen LogP contribution in [0.25, 0.3) is 0 Å². The van der Waals surface area contributed by atoms with Crippen molar-refractivity contribution >= 4 is 27.3 Å². The zero-order chi connectivity index (χ0) is 13.0. The van der Waals surface area contributed by atoms with Crippen molar-refractivity contribution in [2.75, 3.05) is 6.54 Å². The van der Waals surface area contributed by atoms with E-state index in [1.165, 1.54) is 14.9 Å². The van der Waals surface area contributed by atoms with Gasteiger partial charge >= 0.3 is 0 Å². The molecule has 3 nitrogen and oxygen atoms in total. The van der Waals surface area contributed by atoms with Crippen LogP contribution in [0.15, 0.2) is 28.3 Å². The second kappa shape index (κ2) is 6.50. The molecule has 0 aliphatic carbocycles. The van der Waals surface area contributed by atoms with Crippen molar-refractivity contribution in [2.24, 2.45) is 0 Å². The van der Waals surface area contributed by atoms with E-state index in [2.05, 4.69) is 57.8 Å². The highest BCUT2D eigenvalue weighted by Gasteiger charge is 2.18. The number of aromatic nitrogens is 2. The summed E-state index contributed by atoms with van der Waals surface area (Å²) >= 11 is 5.40. The Labute approximate surface area is 120 Å². The maximum absolute atomic E-state index is 4.37. The fourth-order valence-electron chi connectivity index (χ4n) is 1.86. The van der Waals surface area contributed by atoms with Gasteiger partial charge in [-0.1, -0.05) is 6.92 Å². The summed E-state index contributed by atoms with van der Waals surface area (Å²) in [7, 11) is 0. The van der Waals surface area contributed by atoms with Gasteiger partial charge in [0.2, 0.25) is 0 Å². The van der Waals surface area contributed by atoms with Crippen LogP contribution in [0.4, 0.5) is 0 Å². The first-order valence-corrected chi connectivity index (χ1v) is 7.92. The van der Waals surface area contributed by atoms with Crippen molar-refractivity contribution in [1.82, 2.24) is 15.1 Å². The van der Waals surface area contributed by atoms with Gasteiger partial charge in [-0.05, 0) is 47.3 Å². The molecule has 2 rings (SSSR count). The summed E-state index contributed by atoms with van der Waals surface area (Å²) < 4.78 is 3.14. The van der Waals surface area contributed by atoms with Crippen LogP contribution in [0.3, 0.4) is 0 Å². The minimum atomic E-state index is 0.236. The van der Waals surface area contributed by atoms with Crippen LogP contribution in [0.5, 0.6) is 0 Å². The van der Waals surface area contributed by atoms with E-state index in [-0.39, 0.29) is 6.04 Å². The van der Waals surface area contributed by atoms with E-state index in [1.807, 2.05) is 10.9 Å². The Morgan fingerprint density at radius 3 is 2.89 bits per heavy atom. The third-order valence-electron chi connectivity index (χ3n) is 2.82. The highest BCUT2D eigenvalue weighted by atomic mass is 79.9. The molecule has 5 heteroatoms. The molecule has 0 amide bonds. The number of nitrogens with one attached hydrogen (secondary N) is 1. The minimum Gasteiger partial charge on any atom is -0.305 e. The largest absolute Gasteiger partial charge is 0.305 e. The molecule has 1 N–H and O–H groups in total. The lowest BCUT2D eigenvalue weighted by atomic mass is 10.1. The van der Waals surface area contributed by atoms with E-state index in [0.717, 1.165) is 19.5 Å². The van der Waals surface area contributed by atoms with E-state index in [9.17, 15) is 0 Å². The van der Waals surface area contributed by atoms with Crippen LogP contribution >= 0.6 is 27.3 Å². The standard InChI is InChI=1S/C13H18BrN3S/c1-3-6-15-12(13-11(14)5-7-18-13)10-8-16-17(4-2)9-10/h5,7-9,12,15H,3-4,6H2,1-2H3. The van der Waals surface area contributed by atoms with Gasteiger partial charge in [-0.15, -0.1) is 11.3 Å². The number of rotatable bonds is 6. The number of thiophene rings is 1. The van der Waals surface area contributed by atoms with Crippen LogP contribution in [-0.4, -0.2) is 16.3 Å². The van der Waals surface area contributed by atoms with E-state index in [0.29, 0.717) is 0 Å². The second-order valence-electron chi connectivity index (χ2n) is 4.15. The molecule has 2 heterocycles. The van der Waals surface area contributed by atoms with E-state index in [1.54, 1.807) is 11.3 Å². The maximum atomic E-state index is 4.37. The van der Waals surface area contributed by atoms with Crippen molar-refractivity contribution in [3.8, 4) is 0 Å². The minimum absolute atomic E-state index is 0.236. The Balaban J connectivity index is 2.27. The fourth-order valence-corrected chi connectivity index (χ4v) is 3.57. The summed E-state index contributed by atoms with van der Waals surface area (Å²) in [5, 5.41) is 10.1. The summed E-state index contributed by atoms with van der Waals surface area (Å²) in [5.41, 5.74) is 1.23. The van der Waals surface area contributed by atoms with E-state index in [4.69, 9.17) is 0 Å². The fraction of sp³-hybridized carbons (Fsp3) is 0.462. The van der Waals surface area contributed by atoms with Crippen molar-refractivity contribution in [3.63, 3.8) is 0 Å². The lowest BCUT2D eigenvalue weighted by Gasteiger charge is -2.16. The molecule has 0 aromatic carbocycles. The third-order valence-corrected chi connectivity index (χ3v) is 4.75. The lowest BCUT2D eigenvalue weighted by Crippen LogP contribution is -2.22. The number of nitrogens with zero attached hydrogens (tertiary/aromatic N) is 2. The van der Waals surface area contributed by atoms with Gasteiger partial charge in [-0.25, -0.2) is 0 Å². The van der Waals surface area contributed by atoms with E-state index >= 15 is 0 Å². The molecular formula is C13H18BrN3S. The Morgan fingerprint density at radius 2 is 2.33 bits per heavy atom. The Kier molecular flexibility index (Phi) is 4.97. The summed E-state index contributed by atoms with van der Waals surface area (Å²) in [6.07, 6.45) is 5.21. The third kappa shape index (κ3) is 3.02. The number of hydrogen-bond acceptors (Lipinski definition) is 3. The molecule has 0 aliphatic heterocycles. The summed E-state index contributed by atoms with van der Waals surface area (Å²) in [6.45, 7) is 6.20. The predicted molar refractivity (Wildman–Crippen MR) is 80.1 cm³/mol. The number of aryl methyl sites for hydroxylation is 1. The quantitative estimate of drug-likeness (QED) is 0.874. The van der Waals surface area contributed by atoms with Crippen molar-refractivity contribution in [3.05, 3.63) is 38.8 Å². The zero-order valence-electron chi connectivity index (χ0n) is 10.7. The van der Waals surface area contributed by atoms with Crippen molar-refractivity contribution in [2.45, 2.75) is 32.9 Å². The second-order valence-corrected chi connectivity index (χ2v) is 5.95. The van der Waals surface area contributed by atoms with Gasteiger partial charge in [0.05, 0.1) is 12.2 Å². The van der Waals surface area contributed by atoms with Gasteiger partial charge in [0.15, 0.2) is 0 Å². The van der Waals surface area contributed by atoms with Crippen LogP contribution in [0, 0.1) is 0 Å². The van der Waals surface area contributed by atoms with Gasteiger partial charge in [0, 0.05) is 27.7 Å². The van der Waals surface area contributed by atoms with E-state index < -0.39 is 0 Å². The Hall–Kier alpha value is -0.650. The molecule has 98 valence electrons. The first-order valence-electron chi connectivity index (χ1n) is 6.24. The Bertz CT molecular complexity index is 492. The molecule has 1 unspecified atom stereocenters. The molecule has 2 aromatic rings. The van der Waals surface area contributed by atoms with Crippen LogP contribution in [0.2, 0.25) is 0 Å². The van der Waals surface area contributed by atoms with Gasteiger partial charge in [-0.3, -0.25) is 4.68 Å². The zero-order valence-corrected chi connectivity index (χ0v) is 13.1. The Morgan fingerprint density at radius 1 is 1.50 bits per heavy atom. The first-order chi connectivity index (χ1) is 8.76. The maximum Gasteiger partial charge on any atom is 0.0713 e. The monoisotopic (exact) mass is 327 g/mol. The molecule has 0 aliphatic rings. The molecule has 1 atom stereocenters. The molecule has 18 heavy (non-hydrogen) atoms. The molecule has 0 saturated heterocycles. The number of halogens is 1. The summed E-state index contributed by atoms with van der Waals surface area (Å²) in [4.78, 5) is 1.32. The topological polar surface area (TPSA) is 29.9 Å². The number of hydrogen-bond donors (Lipinski definition) is 1. The van der Waals surface area contributed by atoms with Crippen LogP contribution < -0.4 is 5.32 Å².